The van der Waals surface area contributed by atoms with Gasteiger partial charge in [0.15, 0.2) is 0 Å². The van der Waals surface area contributed by atoms with Crippen molar-refractivity contribution < 1.29 is 13.9 Å². The van der Waals surface area contributed by atoms with E-state index in [-0.39, 0.29) is 0 Å². The minimum absolute atomic E-state index is 0.368. The van der Waals surface area contributed by atoms with Gasteiger partial charge in [-0.3, -0.25) is 0 Å². The molecule has 1 atom stereocenters. The summed E-state index contributed by atoms with van der Waals surface area (Å²) < 4.78 is 10.8. The van der Waals surface area contributed by atoms with Crippen LogP contribution < -0.4 is 4.89 Å². The van der Waals surface area contributed by atoms with Crippen LogP contribution in [-0.2, 0) is 9.05 Å². The maximum atomic E-state index is 12.5. The molecule has 0 aliphatic carbocycles. The average molecular weight is 267 g/mol. The molecule has 0 saturated carbocycles. The Morgan fingerprint density at radius 1 is 1.44 bits per heavy atom. The first kappa shape index (κ1) is 14.4. The van der Waals surface area contributed by atoms with Gasteiger partial charge < -0.3 is 4.89 Å². The zero-order valence-electron chi connectivity index (χ0n) is 10.4. The van der Waals surface area contributed by atoms with E-state index in [2.05, 4.69) is 6.92 Å². The van der Waals surface area contributed by atoms with Crippen LogP contribution in [0.5, 0.6) is 0 Å². The van der Waals surface area contributed by atoms with E-state index in [4.69, 9.17) is 20.6 Å². The zero-order chi connectivity index (χ0) is 12.4. The van der Waals surface area contributed by atoms with Gasteiger partial charge in [0.1, 0.15) is 10.9 Å². The van der Waals surface area contributed by atoms with Crippen LogP contribution in [0.1, 0.15) is 47.0 Å². The van der Waals surface area contributed by atoms with E-state index in [1.807, 2.05) is 13.8 Å². The summed E-state index contributed by atoms with van der Waals surface area (Å²) in [6.45, 7) is 7.90. The summed E-state index contributed by atoms with van der Waals surface area (Å²) in [7, 11) is -3.14. The lowest BCUT2D eigenvalue weighted by Gasteiger charge is -2.26. The topological polar surface area (TPSA) is 41.5 Å². The lowest BCUT2D eigenvalue weighted by Crippen LogP contribution is -2.23. The Kier molecular flexibility index (Phi) is 4.79. The van der Waals surface area contributed by atoms with Gasteiger partial charge in [0.2, 0.25) is 0 Å². The minimum Gasteiger partial charge on any atom is -0.627 e. The molecule has 0 spiro atoms. The van der Waals surface area contributed by atoms with Gasteiger partial charge in [-0.25, -0.2) is 4.52 Å². The quantitative estimate of drug-likeness (QED) is 0.714. The van der Waals surface area contributed by atoms with Crippen LogP contribution in [-0.4, -0.2) is 12.2 Å². The molecule has 0 aromatic heterocycles. The Morgan fingerprint density at radius 2 is 2.06 bits per heavy atom. The monoisotopic (exact) mass is 266 g/mol. The molecule has 5 heteroatoms. The minimum atomic E-state index is -3.14. The first-order valence-corrected chi connectivity index (χ1v) is 7.64. The Labute approximate surface area is 103 Å². The third-order valence-corrected chi connectivity index (χ3v) is 5.75. The van der Waals surface area contributed by atoms with Crippen molar-refractivity contribution in [2.24, 2.45) is 0 Å². The highest BCUT2D eigenvalue weighted by Crippen LogP contribution is 2.71. The third kappa shape index (κ3) is 2.77. The van der Waals surface area contributed by atoms with Gasteiger partial charge in [0, 0.05) is 6.42 Å². The van der Waals surface area contributed by atoms with Crippen LogP contribution in [0.25, 0.3) is 0 Å². The van der Waals surface area contributed by atoms with E-state index in [9.17, 15) is 4.89 Å². The molecule has 0 saturated heterocycles. The second-order valence-electron chi connectivity index (χ2n) is 4.38. The van der Waals surface area contributed by atoms with Crippen LogP contribution in [0.15, 0.2) is 10.3 Å². The highest BCUT2D eigenvalue weighted by molar-refractivity contribution is 7.64. The first-order valence-electron chi connectivity index (χ1n) is 5.72. The molecule has 3 nitrogen and oxygen atoms in total. The maximum absolute atomic E-state index is 12.5. The predicted molar refractivity (Wildman–Crippen MR) is 66.1 cm³/mol. The molecule has 0 fully saturated rings. The first-order chi connectivity index (χ1) is 7.37. The molecular formula is C11H20ClO3P. The van der Waals surface area contributed by atoms with Crippen molar-refractivity contribution >= 4 is 19.5 Å². The van der Waals surface area contributed by atoms with Gasteiger partial charge in [-0.2, -0.15) is 4.52 Å². The number of halogens is 1. The molecule has 0 amide bonds. The van der Waals surface area contributed by atoms with Crippen LogP contribution >= 0.6 is 19.5 Å². The second kappa shape index (κ2) is 5.32. The summed E-state index contributed by atoms with van der Waals surface area (Å²) in [6, 6.07) is 0. The summed E-state index contributed by atoms with van der Waals surface area (Å²) in [6.07, 6.45) is 2.67. The highest BCUT2D eigenvalue weighted by Gasteiger charge is 2.53. The SMILES string of the molecule is CCCCC1=C(Cl)C(C)(C)O[P+]1([O-])OCC. The van der Waals surface area contributed by atoms with Crippen LogP contribution in [0, 0.1) is 0 Å². The van der Waals surface area contributed by atoms with Crippen molar-refractivity contribution in [2.75, 3.05) is 6.61 Å². The summed E-state index contributed by atoms with van der Waals surface area (Å²) in [5.74, 6) is 0. The van der Waals surface area contributed by atoms with Crippen molar-refractivity contribution in [1.29, 1.82) is 0 Å². The van der Waals surface area contributed by atoms with Crippen molar-refractivity contribution in [2.45, 2.75) is 52.6 Å². The zero-order valence-corrected chi connectivity index (χ0v) is 12.0. The van der Waals surface area contributed by atoms with Crippen LogP contribution in [0.4, 0.5) is 0 Å². The normalized spacial score (nSPS) is 28.9. The molecule has 1 unspecified atom stereocenters. The number of unbranched alkanes of at least 4 members (excludes halogenated alkanes) is 1. The molecule has 0 bridgehead atoms. The lowest BCUT2D eigenvalue weighted by atomic mass is 10.1. The molecule has 1 rings (SSSR count). The van der Waals surface area contributed by atoms with Gasteiger partial charge in [0.25, 0.3) is 7.94 Å². The van der Waals surface area contributed by atoms with E-state index in [0.717, 1.165) is 12.8 Å². The van der Waals surface area contributed by atoms with Crippen molar-refractivity contribution in [3.05, 3.63) is 10.3 Å². The smallest absolute Gasteiger partial charge is 0.269 e. The molecule has 16 heavy (non-hydrogen) atoms. The van der Waals surface area contributed by atoms with E-state index in [0.29, 0.717) is 23.4 Å². The second-order valence-corrected chi connectivity index (χ2v) is 6.73. The van der Waals surface area contributed by atoms with Gasteiger partial charge in [-0.15, -0.1) is 0 Å². The fourth-order valence-electron chi connectivity index (χ4n) is 1.73. The van der Waals surface area contributed by atoms with Gasteiger partial charge >= 0.3 is 0 Å². The van der Waals surface area contributed by atoms with Crippen molar-refractivity contribution in [1.82, 2.24) is 0 Å². The molecule has 0 radical (unpaired) electrons. The lowest BCUT2D eigenvalue weighted by molar-refractivity contribution is -0.219. The molecular weight excluding hydrogens is 247 g/mol. The molecule has 94 valence electrons. The van der Waals surface area contributed by atoms with E-state index in [1.165, 1.54) is 0 Å². The van der Waals surface area contributed by atoms with E-state index >= 15 is 0 Å². The molecule has 1 heterocycles. The van der Waals surface area contributed by atoms with Gasteiger partial charge in [-0.05, 0) is 27.2 Å². The summed E-state index contributed by atoms with van der Waals surface area (Å²) >= 11 is 6.23. The number of allylic oxidation sites excluding steroid dienone is 1. The van der Waals surface area contributed by atoms with Crippen LogP contribution in [0.2, 0.25) is 0 Å². The molecule has 1 aliphatic rings. The Hall–Kier alpha value is 0.340. The maximum Gasteiger partial charge on any atom is 0.269 e. The van der Waals surface area contributed by atoms with Crippen molar-refractivity contribution in [3.8, 4) is 0 Å². The number of hydrogen-bond donors (Lipinski definition) is 0. The Morgan fingerprint density at radius 3 is 2.56 bits per heavy atom. The fourth-order valence-corrected chi connectivity index (χ4v) is 4.52. The largest absolute Gasteiger partial charge is 0.627 e. The molecule has 0 aromatic rings. The average Bonchev–Trinajstić information content (AvgIpc) is 2.32. The Bertz CT molecular complexity index is 291. The molecule has 1 aliphatic heterocycles. The van der Waals surface area contributed by atoms with Crippen LogP contribution in [0.3, 0.4) is 0 Å². The Balaban J connectivity index is 2.96. The predicted octanol–water partition coefficient (Wildman–Crippen LogP) is 3.60. The van der Waals surface area contributed by atoms with E-state index < -0.39 is 13.5 Å². The van der Waals surface area contributed by atoms with Gasteiger partial charge in [0.05, 0.1) is 11.6 Å². The van der Waals surface area contributed by atoms with Gasteiger partial charge in [-0.1, -0.05) is 24.9 Å². The molecule has 0 aromatic carbocycles. The molecule has 0 N–H and O–H groups in total. The summed E-state index contributed by atoms with van der Waals surface area (Å²) in [5.41, 5.74) is -0.685. The third-order valence-electron chi connectivity index (χ3n) is 2.53. The van der Waals surface area contributed by atoms with Crippen molar-refractivity contribution in [3.63, 3.8) is 0 Å². The fraction of sp³-hybridized carbons (Fsp3) is 0.818. The highest BCUT2D eigenvalue weighted by atomic mass is 35.5. The number of hydrogen-bond acceptors (Lipinski definition) is 3. The summed E-state index contributed by atoms with van der Waals surface area (Å²) in [5, 5.41) is 1.22. The standard InChI is InChI=1S/C11H20ClO3P/c1-5-7-8-9-10(12)11(3,4)15-16(9,13)14-6-2/h5-8H2,1-4H3. The summed E-state index contributed by atoms with van der Waals surface area (Å²) in [4.78, 5) is 12.5. The number of rotatable bonds is 5. The van der Waals surface area contributed by atoms with E-state index in [1.54, 1.807) is 6.92 Å².